The Morgan fingerprint density at radius 2 is 1.59 bits per heavy atom. The fourth-order valence-corrected chi connectivity index (χ4v) is 3.82. The lowest BCUT2D eigenvalue weighted by Crippen LogP contribution is -2.35. The van der Waals surface area contributed by atoms with Gasteiger partial charge in [0.05, 0.1) is 0 Å². The molecule has 0 aliphatic heterocycles. The fourth-order valence-electron chi connectivity index (χ4n) is 3.82. The van der Waals surface area contributed by atoms with Gasteiger partial charge < -0.3 is 25.6 Å². The zero-order valence-electron chi connectivity index (χ0n) is 17.9. The van der Waals surface area contributed by atoms with Crippen LogP contribution >= 0.6 is 0 Å². The number of nitrogens with one attached hydrogen (secondary N) is 2. The van der Waals surface area contributed by atoms with Gasteiger partial charge in [0.2, 0.25) is 5.91 Å². The van der Waals surface area contributed by atoms with E-state index in [0.29, 0.717) is 6.42 Å². The maximum Gasteiger partial charge on any atom is 0.407 e. The third-order valence-electron chi connectivity index (χ3n) is 5.54. The molecule has 3 rings (SSSR count). The van der Waals surface area contributed by atoms with Crippen LogP contribution in [0.1, 0.15) is 43.2 Å². The number of hydrogen-bond acceptors (Lipinski definition) is 5. The predicted octanol–water partition coefficient (Wildman–Crippen LogP) is 2.65. The molecule has 2 amide bonds. The Bertz CT molecular complexity index is 931. The van der Waals surface area contributed by atoms with Crippen molar-refractivity contribution in [3.8, 4) is 11.1 Å². The van der Waals surface area contributed by atoms with Gasteiger partial charge in [-0.15, -0.1) is 0 Å². The molecule has 0 aromatic heterocycles. The van der Waals surface area contributed by atoms with Gasteiger partial charge in [0.15, 0.2) is 6.10 Å². The van der Waals surface area contributed by atoms with E-state index in [-0.39, 0.29) is 43.9 Å². The average Bonchev–Trinajstić information content (AvgIpc) is 3.10. The van der Waals surface area contributed by atoms with Crippen molar-refractivity contribution in [2.24, 2.45) is 0 Å². The number of carbonyl (C=O) groups is 3. The highest BCUT2D eigenvalue weighted by Crippen LogP contribution is 2.44. The molecule has 2 aromatic carbocycles. The molecule has 170 valence electrons. The number of hydrogen-bond donors (Lipinski definition) is 4. The van der Waals surface area contributed by atoms with E-state index < -0.39 is 18.2 Å². The number of carboxylic acids is 1. The third-order valence-corrected chi connectivity index (χ3v) is 5.54. The summed E-state index contributed by atoms with van der Waals surface area (Å²) in [5, 5.41) is 23.1. The van der Waals surface area contributed by atoms with Gasteiger partial charge in [0.1, 0.15) is 6.61 Å². The highest BCUT2D eigenvalue weighted by molar-refractivity contribution is 5.79. The van der Waals surface area contributed by atoms with E-state index in [1.54, 1.807) is 6.92 Å². The van der Waals surface area contributed by atoms with Crippen molar-refractivity contribution in [1.82, 2.24) is 10.6 Å². The van der Waals surface area contributed by atoms with Crippen LogP contribution in [-0.4, -0.2) is 53.5 Å². The molecule has 8 nitrogen and oxygen atoms in total. The molecule has 0 bridgehead atoms. The first-order chi connectivity index (χ1) is 15.4. The van der Waals surface area contributed by atoms with E-state index in [1.165, 1.54) is 0 Å². The summed E-state index contributed by atoms with van der Waals surface area (Å²) in [6.45, 7) is 2.07. The zero-order valence-corrected chi connectivity index (χ0v) is 17.9. The first-order valence-electron chi connectivity index (χ1n) is 10.7. The predicted molar refractivity (Wildman–Crippen MR) is 118 cm³/mol. The lowest BCUT2D eigenvalue weighted by Gasteiger charge is -2.17. The molecule has 2 aromatic rings. The lowest BCUT2D eigenvalue weighted by atomic mass is 9.98. The minimum Gasteiger partial charge on any atom is -0.479 e. The Morgan fingerprint density at radius 1 is 1.00 bits per heavy atom. The molecule has 0 spiro atoms. The largest absolute Gasteiger partial charge is 0.479 e. The van der Waals surface area contributed by atoms with Crippen LogP contribution in [0.5, 0.6) is 0 Å². The van der Waals surface area contributed by atoms with Crippen LogP contribution in [0.15, 0.2) is 48.5 Å². The number of ether oxygens (including phenoxy) is 1. The molecule has 0 saturated heterocycles. The number of aliphatic hydroxyl groups excluding tert-OH is 1. The van der Waals surface area contributed by atoms with E-state index in [0.717, 1.165) is 22.3 Å². The van der Waals surface area contributed by atoms with Gasteiger partial charge in [-0.25, -0.2) is 9.59 Å². The van der Waals surface area contributed by atoms with Crippen molar-refractivity contribution >= 4 is 18.0 Å². The number of aliphatic carboxylic acids is 1. The zero-order chi connectivity index (χ0) is 23.1. The van der Waals surface area contributed by atoms with Gasteiger partial charge >= 0.3 is 12.1 Å². The molecule has 2 atom stereocenters. The van der Waals surface area contributed by atoms with Gasteiger partial charge in [-0.3, -0.25) is 4.79 Å². The highest BCUT2D eigenvalue weighted by atomic mass is 16.5. The number of carbonyl (C=O) groups excluding carboxylic acids is 2. The standard InChI is InChI=1S/C24H28N2O6/c1-15(10-11-22(28)25-13-12-21(27)23(29)30)26-24(31)32-14-20-18-8-4-2-6-16(18)17-7-3-5-9-19(17)20/h2-9,15,20-21,27H,10-14H2,1H3,(H,25,28)(H,26,31)(H,29,30)/t15?,21-/m0/s1. The Labute approximate surface area is 186 Å². The molecular weight excluding hydrogens is 412 g/mol. The minimum absolute atomic E-state index is 0.0182. The fraction of sp³-hybridized carbons (Fsp3) is 0.375. The van der Waals surface area contributed by atoms with Crippen molar-refractivity contribution in [2.75, 3.05) is 13.2 Å². The van der Waals surface area contributed by atoms with Crippen molar-refractivity contribution in [1.29, 1.82) is 0 Å². The first-order valence-corrected chi connectivity index (χ1v) is 10.7. The maximum atomic E-state index is 12.3. The average molecular weight is 440 g/mol. The molecule has 4 N–H and O–H groups in total. The van der Waals surface area contributed by atoms with Gasteiger partial charge in [-0.2, -0.15) is 0 Å². The lowest BCUT2D eigenvalue weighted by molar-refractivity contribution is -0.147. The summed E-state index contributed by atoms with van der Waals surface area (Å²) in [5.74, 6) is -1.61. The Balaban J connectivity index is 1.41. The van der Waals surface area contributed by atoms with Crippen LogP contribution in [0.2, 0.25) is 0 Å². The second-order valence-corrected chi connectivity index (χ2v) is 7.90. The van der Waals surface area contributed by atoms with Gasteiger partial charge in [-0.05, 0) is 35.6 Å². The Hall–Kier alpha value is -3.39. The summed E-state index contributed by atoms with van der Waals surface area (Å²) in [6, 6.07) is 15.9. The molecule has 0 fully saturated rings. The summed E-state index contributed by atoms with van der Waals surface area (Å²) in [4.78, 5) is 34.6. The Kier molecular flexibility index (Phi) is 7.83. The van der Waals surface area contributed by atoms with Crippen LogP contribution in [0.4, 0.5) is 4.79 Å². The van der Waals surface area contributed by atoms with Crippen molar-refractivity contribution in [2.45, 2.75) is 44.2 Å². The van der Waals surface area contributed by atoms with E-state index in [1.807, 2.05) is 24.3 Å². The third kappa shape index (κ3) is 5.85. The van der Waals surface area contributed by atoms with E-state index in [2.05, 4.69) is 34.9 Å². The topological polar surface area (TPSA) is 125 Å². The first kappa shape index (κ1) is 23.3. The minimum atomic E-state index is -1.50. The molecule has 0 heterocycles. The smallest absolute Gasteiger partial charge is 0.407 e. The summed E-state index contributed by atoms with van der Waals surface area (Å²) in [5.41, 5.74) is 4.60. The molecule has 1 aliphatic carbocycles. The van der Waals surface area contributed by atoms with Crippen LogP contribution in [-0.2, 0) is 14.3 Å². The van der Waals surface area contributed by atoms with Gasteiger partial charge in [0.25, 0.3) is 0 Å². The van der Waals surface area contributed by atoms with Crippen molar-refractivity contribution in [3.05, 3.63) is 59.7 Å². The number of benzene rings is 2. The molecule has 8 heteroatoms. The van der Waals surface area contributed by atoms with Gasteiger partial charge in [-0.1, -0.05) is 48.5 Å². The number of alkyl carbamates (subject to hydrolysis) is 1. The molecule has 1 aliphatic rings. The quantitative estimate of drug-likeness (QED) is 0.450. The van der Waals surface area contributed by atoms with Gasteiger partial charge in [0, 0.05) is 31.3 Å². The Morgan fingerprint density at radius 3 is 2.19 bits per heavy atom. The second-order valence-electron chi connectivity index (χ2n) is 7.90. The van der Waals surface area contributed by atoms with E-state index >= 15 is 0 Å². The monoisotopic (exact) mass is 440 g/mol. The summed E-state index contributed by atoms with van der Waals surface area (Å²) in [6.07, 6.45) is -1.53. The maximum absolute atomic E-state index is 12.3. The van der Waals surface area contributed by atoms with E-state index in [4.69, 9.17) is 9.84 Å². The van der Waals surface area contributed by atoms with Crippen LogP contribution < -0.4 is 10.6 Å². The van der Waals surface area contributed by atoms with Crippen molar-refractivity contribution in [3.63, 3.8) is 0 Å². The summed E-state index contributed by atoms with van der Waals surface area (Å²) in [7, 11) is 0. The number of amides is 2. The number of fused-ring (bicyclic) bond motifs is 3. The molecule has 1 unspecified atom stereocenters. The number of rotatable bonds is 10. The van der Waals surface area contributed by atoms with Crippen molar-refractivity contribution < 1.29 is 29.3 Å². The van der Waals surface area contributed by atoms with Crippen LogP contribution in [0.25, 0.3) is 11.1 Å². The molecule has 0 saturated carbocycles. The highest BCUT2D eigenvalue weighted by Gasteiger charge is 2.29. The molecule has 0 radical (unpaired) electrons. The summed E-state index contributed by atoms with van der Waals surface area (Å²) < 4.78 is 5.50. The molecule has 32 heavy (non-hydrogen) atoms. The van der Waals surface area contributed by atoms with Crippen LogP contribution in [0.3, 0.4) is 0 Å². The van der Waals surface area contributed by atoms with Crippen LogP contribution in [0, 0.1) is 0 Å². The molecular formula is C24H28N2O6. The SMILES string of the molecule is CC(CCC(=O)NCC[C@H](O)C(=O)O)NC(=O)OCC1c2ccccc2-c2ccccc21. The second kappa shape index (κ2) is 10.8. The normalized spacial score (nSPS) is 14.1. The summed E-state index contributed by atoms with van der Waals surface area (Å²) >= 11 is 0. The van der Waals surface area contributed by atoms with E-state index in [9.17, 15) is 19.5 Å². The number of aliphatic hydroxyl groups is 1. The number of carboxylic acid groups (broad SMARTS) is 1.